The smallest absolute Gasteiger partial charge is 0.308 e. The summed E-state index contributed by atoms with van der Waals surface area (Å²) in [7, 11) is 1.53. The molecule has 1 aliphatic heterocycles. The quantitative estimate of drug-likeness (QED) is 0.412. The van der Waals surface area contributed by atoms with Crippen molar-refractivity contribution >= 4 is 34.9 Å². The number of hydrogen-bond acceptors (Lipinski definition) is 6. The lowest BCUT2D eigenvalue weighted by molar-refractivity contribution is -0.132. The molecule has 0 amide bonds. The van der Waals surface area contributed by atoms with E-state index in [0.717, 1.165) is 27.4 Å². The minimum atomic E-state index is -0.418. The van der Waals surface area contributed by atoms with Crippen LogP contribution in [0, 0.1) is 5.92 Å². The molecule has 0 fully saturated rings. The molecule has 2 unspecified atom stereocenters. The lowest BCUT2D eigenvalue weighted by atomic mass is 9.93. The van der Waals surface area contributed by atoms with E-state index in [1.165, 1.54) is 14.0 Å². The van der Waals surface area contributed by atoms with Gasteiger partial charge in [-0.1, -0.05) is 42.5 Å². The molecule has 5 rings (SSSR count). The molecule has 3 aromatic carbocycles. The van der Waals surface area contributed by atoms with Gasteiger partial charge in [-0.2, -0.15) is 0 Å². The zero-order chi connectivity index (χ0) is 21.5. The lowest BCUT2D eigenvalue weighted by Crippen LogP contribution is -2.22. The Balaban J connectivity index is 1.67. The number of carbonyl (C=O) groups is 2. The third kappa shape index (κ3) is 3.33. The maximum absolute atomic E-state index is 13.5. The summed E-state index contributed by atoms with van der Waals surface area (Å²) in [6.45, 7) is 1.35. The van der Waals surface area contributed by atoms with Gasteiger partial charge in [0.1, 0.15) is 0 Å². The van der Waals surface area contributed by atoms with Gasteiger partial charge >= 0.3 is 5.97 Å². The van der Waals surface area contributed by atoms with E-state index in [9.17, 15) is 9.59 Å². The molecule has 3 aromatic rings. The Kier molecular flexibility index (Phi) is 4.87. The highest BCUT2D eigenvalue weighted by molar-refractivity contribution is 7.99. The van der Waals surface area contributed by atoms with Crippen LogP contribution in [-0.2, 0) is 4.79 Å². The molecule has 2 atom stereocenters. The molecule has 1 aliphatic carbocycles. The molecule has 5 nitrogen and oxygen atoms in total. The number of aliphatic imine (C=N–C) groups is 1. The Morgan fingerprint density at radius 3 is 2.48 bits per heavy atom. The number of thioether (sulfide) groups is 1. The van der Waals surface area contributed by atoms with E-state index in [1.807, 2.05) is 60.7 Å². The minimum Gasteiger partial charge on any atom is -0.493 e. The predicted octanol–water partition coefficient (Wildman–Crippen LogP) is 5.40. The van der Waals surface area contributed by atoms with Gasteiger partial charge in [-0.25, -0.2) is 0 Å². The van der Waals surface area contributed by atoms with Crippen molar-refractivity contribution in [3.8, 4) is 11.5 Å². The monoisotopic (exact) mass is 429 g/mol. The Hall–Kier alpha value is -3.38. The standard InChI is InChI=1S/C25H19NO4S/c1-14(27)30-19-12-11-15(13-20(19)29-2)25-22-23(16-7-3-4-8-17(16)24(22)28)26-18-9-5-6-10-21(18)31-25/h3-13,22,25H,1-2H3. The minimum absolute atomic E-state index is 0.0719. The first-order valence-corrected chi connectivity index (χ1v) is 10.8. The molecule has 31 heavy (non-hydrogen) atoms. The number of ether oxygens (including phenoxy) is 2. The summed E-state index contributed by atoms with van der Waals surface area (Å²) >= 11 is 1.62. The van der Waals surface area contributed by atoms with E-state index in [-0.39, 0.29) is 11.0 Å². The number of carbonyl (C=O) groups excluding carboxylic acids is 2. The van der Waals surface area contributed by atoms with E-state index in [2.05, 4.69) is 0 Å². The number of esters is 1. The van der Waals surface area contributed by atoms with Gasteiger partial charge in [-0.15, -0.1) is 11.8 Å². The Labute approximate surface area is 184 Å². The number of fused-ring (bicyclic) bond motifs is 4. The fraction of sp³-hybridized carbons (Fsp3) is 0.160. The molecule has 0 aromatic heterocycles. The van der Waals surface area contributed by atoms with Gasteiger partial charge in [-0.3, -0.25) is 14.6 Å². The summed E-state index contributed by atoms with van der Waals surface area (Å²) in [4.78, 5) is 30.9. The molecule has 1 heterocycles. The molecule has 0 saturated heterocycles. The molecular weight excluding hydrogens is 410 g/mol. The average molecular weight is 429 g/mol. The average Bonchev–Trinajstić information content (AvgIpc) is 2.94. The summed E-state index contributed by atoms with van der Waals surface area (Å²) in [5.74, 6) is 0.0430. The fourth-order valence-corrected chi connectivity index (χ4v) is 5.47. The Bertz CT molecular complexity index is 1250. The molecule has 154 valence electrons. The largest absolute Gasteiger partial charge is 0.493 e. The first-order valence-electron chi connectivity index (χ1n) is 9.91. The fourth-order valence-electron chi connectivity index (χ4n) is 4.14. The maximum Gasteiger partial charge on any atom is 0.308 e. The van der Waals surface area contributed by atoms with Crippen molar-refractivity contribution in [3.05, 3.63) is 83.4 Å². The zero-order valence-electron chi connectivity index (χ0n) is 17.0. The number of nitrogens with zero attached hydrogens (tertiary/aromatic N) is 1. The van der Waals surface area contributed by atoms with Crippen LogP contribution in [0.4, 0.5) is 5.69 Å². The van der Waals surface area contributed by atoms with Crippen LogP contribution >= 0.6 is 11.8 Å². The van der Waals surface area contributed by atoms with Crippen LogP contribution in [0.15, 0.2) is 76.6 Å². The molecule has 0 bridgehead atoms. The number of methoxy groups -OCH3 is 1. The van der Waals surface area contributed by atoms with Crippen molar-refractivity contribution in [3.63, 3.8) is 0 Å². The summed E-state index contributed by atoms with van der Waals surface area (Å²) in [6, 6.07) is 21.0. The molecule has 0 saturated carbocycles. The lowest BCUT2D eigenvalue weighted by Gasteiger charge is -2.22. The van der Waals surface area contributed by atoms with Gasteiger partial charge in [0.2, 0.25) is 0 Å². The van der Waals surface area contributed by atoms with Gasteiger partial charge in [-0.05, 0) is 29.8 Å². The van der Waals surface area contributed by atoms with Gasteiger partial charge in [0.15, 0.2) is 17.3 Å². The van der Waals surface area contributed by atoms with Crippen molar-refractivity contribution in [1.82, 2.24) is 0 Å². The number of benzene rings is 3. The van der Waals surface area contributed by atoms with Crippen molar-refractivity contribution in [2.45, 2.75) is 17.1 Å². The summed E-state index contributed by atoms with van der Waals surface area (Å²) < 4.78 is 10.7. The van der Waals surface area contributed by atoms with Crippen molar-refractivity contribution in [2.75, 3.05) is 7.11 Å². The third-order valence-electron chi connectivity index (χ3n) is 5.48. The van der Waals surface area contributed by atoms with Crippen molar-refractivity contribution < 1.29 is 19.1 Å². The SMILES string of the molecule is COc1cc(C2Sc3ccccc3N=C3c4ccccc4C(=O)C32)ccc1OC(C)=O. The van der Waals surface area contributed by atoms with Crippen LogP contribution in [0.2, 0.25) is 0 Å². The summed E-state index contributed by atoms with van der Waals surface area (Å²) in [6.07, 6.45) is 0. The number of hydrogen-bond donors (Lipinski definition) is 0. The van der Waals surface area contributed by atoms with Crippen LogP contribution in [0.25, 0.3) is 0 Å². The Morgan fingerprint density at radius 1 is 0.968 bits per heavy atom. The van der Waals surface area contributed by atoms with Gasteiger partial charge < -0.3 is 9.47 Å². The molecule has 0 spiro atoms. The highest BCUT2D eigenvalue weighted by atomic mass is 32.2. The van der Waals surface area contributed by atoms with E-state index < -0.39 is 11.9 Å². The summed E-state index contributed by atoms with van der Waals surface area (Å²) in [5, 5.41) is -0.206. The second-order valence-electron chi connectivity index (χ2n) is 7.39. The second kappa shape index (κ2) is 7.71. The van der Waals surface area contributed by atoms with E-state index in [0.29, 0.717) is 17.1 Å². The van der Waals surface area contributed by atoms with Crippen LogP contribution in [0.1, 0.15) is 33.7 Å². The summed E-state index contributed by atoms with van der Waals surface area (Å²) in [5.41, 5.74) is 4.17. The van der Waals surface area contributed by atoms with Crippen LogP contribution in [0.3, 0.4) is 0 Å². The zero-order valence-corrected chi connectivity index (χ0v) is 17.8. The molecule has 0 N–H and O–H groups in total. The van der Waals surface area contributed by atoms with E-state index >= 15 is 0 Å². The molecule has 2 aliphatic rings. The molecular formula is C25H19NO4S. The maximum atomic E-state index is 13.5. The second-order valence-corrected chi connectivity index (χ2v) is 8.58. The first kappa shape index (κ1) is 19.6. The highest BCUT2D eigenvalue weighted by Crippen LogP contribution is 2.52. The third-order valence-corrected chi connectivity index (χ3v) is 6.88. The number of para-hydroxylation sites is 1. The van der Waals surface area contributed by atoms with Crippen LogP contribution < -0.4 is 9.47 Å². The van der Waals surface area contributed by atoms with Gasteiger partial charge in [0.25, 0.3) is 0 Å². The van der Waals surface area contributed by atoms with Gasteiger partial charge in [0.05, 0.1) is 29.7 Å². The molecule has 0 radical (unpaired) electrons. The Morgan fingerprint density at radius 2 is 1.71 bits per heavy atom. The topological polar surface area (TPSA) is 65.0 Å². The molecule has 6 heteroatoms. The first-order chi connectivity index (χ1) is 15.1. The number of ketones is 1. The van der Waals surface area contributed by atoms with E-state index in [1.54, 1.807) is 17.8 Å². The highest BCUT2D eigenvalue weighted by Gasteiger charge is 2.44. The van der Waals surface area contributed by atoms with Crippen molar-refractivity contribution in [2.24, 2.45) is 10.9 Å². The van der Waals surface area contributed by atoms with Crippen LogP contribution in [0.5, 0.6) is 11.5 Å². The number of rotatable bonds is 3. The normalized spacial score (nSPS) is 18.9. The number of Topliss-reactive ketones (excluding diaryl/α,β-unsaturated/α-hetero) is 1. The van der Waals surface area contributed by atoms with E-state index in [4.69, 9.17) is 14.5 Å². The predicted molar refractivity (Wildman–Crippen MR) is 120 cm³/mol. The van der Waals surface area contributed by atoms with Crippen molar-refractivity contribution in [1.29, 1.82) is 0 Å². The van der Waals surface area contributed by atoms with Gasteiger partial charge in [0, 0.05) is 22.9 Å². The van der Waals surface area contributed by atoms with Crippen LogP contribution in [-0.4, -0.2) is 24.6 Å².